The second-order valence-corrected chi connectivity index (χ2v) is 3.31. The van der Waals surface area contributed by atoms with E-state index < -0.39 is 11.5 Å². The van der Waals surface area contributed by atoms with Crippen LogP contribution in [-0.2, 0) is 0 Å². The second-order valence-electron chi connectivity index (χ2n) is 3.31. The molecule has 0 heterocycles. The summed E-state index contributed by atoms with van der Waals surface area (Å²) in [6.07, 6.45) is 0.105. The molecule has 0 fully saturated rings. The van der Waals surface area contributed by atoms with E-state index >= 15 is 0 Å². The lowest BCUT2D eigenvalue weighted by Crippen LogP contribution is -2.49. The predicted octanol–water partition coefficient (Wildman–Crippen LogP) is -2.56. The van der Waals surface area contributed by atoms with Gasteiger partial charge in [-0.25, -0.2) is 0 Å². The van der Waals surface area contributed by atoms with Crippen LogP contribution in [0, 0.1) is 0 Å². The minimum Gasteiger partial charge on any atom is -0.396 e. The number of aliphatic hydroxyl groups is 4. The average molecular weight is 194 g/mol. The van der Waals surface area contributed by atoms with Gasteiger partial charge in [-0.1, -0.05) is 0 Å². The SMILES string of the molecule is NCC(N)(CCO)CCC(O)(O)O. The van der Waals surface area contributed by atoms with Crippen LogP contribution in [0.4, 0.5) is 0 Å². The Kier molecular flexibility index (Phi) is 4.76. The topological polar surface area (TPSA) is 133 Å². The lowest BCUT2D eigenvalue weighted by atomic mass is 9.91. The molecule has 0 rings (SSSR count). The largest absolute Gasteiger partial charge is 0.396 e. The van der Waals surface area contributed by atoms with Crippen LogP contribution in [0.2, 0.25) is 0 Å². The Hall–Kier alpha value is -0.240. The third-order valence-electron chi connectivity index (χ3n) is 1.97. The minimum atomic E-state index is -2.71. The summed E-state index contributed by atoms with van der Waals surface area (Å²) in [7, 11) is 0. The van der Waals surface area contributed by atoms with Crippen LogP contribution in [-0.4, -0.2) is 45.1 Å². The maximum absolute atomic E-state index is 8.64. The smallest absolute Gasteiger partial charge is 0.275 e. The standard InChI is InChI=1S/C7H18N2O4/c8-5-6(9,3-4-10)1-2-7(11,12)13/h10-13H,1-5,8-9H2. The van der Waals surface area contributed by atoms with E-state index in [1.165, 1.54) is 0 Å². The molecule has 0 aromatic carbocycles. The maximum Gasteiger partial charge on any atom is 0.275 e. The van der Waals surface area contributed by atoms with Crippen molar-refractivity contribution in [2.75, 3.05) is 13.2 Å². The molecule has 1 unspecified atom stereocenters. The van der Waals surface area contributed by atoms with E-state index in [4.69, 9.17) is 31.9 Å². The van der Waals surface area contributed by atoms with Gasteiger partial charge in [-0.3, -0.25) is 0 Å². The summed E-state index contributed by atoms with van der Waals surface area (Å²) >= 11 is 0. The van der Waals surface area contributed by atoms with Crippen molar-refractivity contribution in [3.63, 3.8) is 0 Å². The molecule has 80 valence electrons. The van der Waals surface area contributed by atoms with Gasteiger partial charge < -0.3 is 31.9 Å². The predicted molar refractivity (Wildman–Crippen MR) is 46.3 cm³/mol. The molecule has 0 bridgehead atoms. The Labute approximate surface area is 76.8 Å². The van der Waals surface area contributed by atoms with Crippen molar-refractivity contribution in [1.82, 2.24) is 0 Å². The van der Waals surface area contributed by atoms with Crippen molar-refractivity contribution in [2.24, 2.45) is 11.5 Å². The number of aliphatic hydroxyl groups excluding tert-OH is 1. The van der Waals surface area contributed by atoms with Crippen molar-refractivity contribution >= 4 is 0 Å². The highest BCUT2D eigenvalue weighted by molar-refractivity contribution is 4.85. The molecule has 0 aliphatic carbocycles. The molecular formula is C7H18N2O4. The van der Waals surface area contributed by atoms with E-state index in [2.05, 4.69) is 0 Å². The van der Waals surface area contributed by atoms with Gasteiger partial charge in [-0.15, -0.1) is 0 Å². The summed E-state index contributed by atoms with van der Waals surface area (Å²) < 4.78 is 0. The molecule has 0 aromatic heterocycles. The van der Waals surface area contributed by atoms with Gasteiger partial charge in [-0.2, -0.15) is 0 Å². The van der Waals surface area contributed by atoms with Crippen LogP contribution in [0.1, 0.15) is 19.3 Å². The van der Waals surface area contributed by atoms with Crippen LogP contribution in [0.5, 0.6) is 0 Å². The zero-order valence-electron chi connectivity index (χ0n) is 7.48. The lowest BCUT2D eigenvalue weighted by Gasteiger charge is -2.28. The first-order valence-electron chi connectivity index (χ1n) is 4.10. The Bertz CT molecular complexity index is 148. The third kappa shape index (κ3) is 5.92. The molecule has 0 radical (unpaired) electrons. The van der Waals surface area contributed by atoms with E-state index in [0.29, 0.717) is 0 Å². The molecule has 0 aromatic rings. The molecule has 0 aliphatic rings. The summed E-state index contributed by atoms with van der Waals surface area (Å²) in [6.45, 7) is -0.00732. The van der Waals surface area contributed by atoms with E-state index in [9.17, 15) is 0 Å². The minimum absolute atomic E-state index is 0.115. The Morgan fingerprint density at radius 3 is 1.85 bits per heavy atom. The van der Waals surface area contributed by atoms with Gasteiger partial charge in [0, 0.05) is 25.1 Å². The van der Waals surface area contributed by atoms with Crippen molar-refractivity contribution in [3.8, 4) is 0 Å². The quantitative estimate of drug-likeness (QED) is 0.258. The van der Waals surface area contributed by atoms with Gasteiger partial charge in [0.1, 0.15) is 0 Å². The van der Waals surface area contributed by atoms with E-state index in [0.717, 1.165) is 0 Å². The van der Waals surface area contributed by atoms with Crippen LogP contribution in [0.15, 0.2) is 0 Å². The zero-order chi connectivity index (χ0) is 10.5. The normalized spacial score (nSPS) is 17.1. The van der Waals surface area contributed by atoms with Crippen LogP contribution in [0.3, 0.4) is 0 Å². The monoisotopic (exact) mass is 194 g/mol. The van der Waals surface area contributed by atoms with Crippen LogP contribution < -0.4 is 11.5 Å². The lowest BCUT2D eigenvalue weighted by molar-refractivity contribution is -0.316. The van der Waals surface area contributed by atoms with Gasteiger partial charge in [-0.05, 0) is 12.8 Å². The van der Waals surface area contributed by atoms with Crippen LogP contribution in [0.25, 0.3) is 0 Å². The summed E-state index contributed by atoms with van der Waals surface area (Å²) in [4.78, 5) is 0. The summed E-state index contributed by atoms with van der Waals surface area (Å²) in [5.41, 5.74) is 10.2. The first-order valence-corrected chi connectivity index (χ1v) is 4.10. The second kappa shape index (κ2) is 4.85. The number of hydrogen-bond acceptors (Lipinski definition) is 6. The van der Waals surface area contributed by atoms with Crippen molar-refractivity contribution in [1.29, 1.82) is 0 Å². The summed E-state index contributed by atoms with van der Waals surface area (Å²) in [5.74, 6) is -2.71. The van der Waals surface area contributed by atoms with Crippen molar-refractivity contribution in [2.45, 2.75) is 30.8 Å². The molecule has 6 heteroatoms. The first kappa shape index (κ1) is 12.8. The van der Waals surface area contributed by atoms with Crippen molar-refractivity contribution in [3.05, 3.63) is 0 Å². The summed E-state index contributed by atoms with van der Waals surface area (Å²) in [6, 6.07) is 0. The number of nitrogens with two attached hydrogens (primary N) is 2. The average Bonchev–Trinajstić information content (AvgIpc) is 2.01. The molecule has 8 N–H and O–H groups in total. The van der Waals surface area contributed by atoms with Crippen LogP contribution >= 0.6 is 0 Å². The molecular weight excluding hydrogens is 176 g/mol. The van der Waals surface area contributed by atoms with Gasteiger partial charge >= 0.3 is 0 Å². The van der Waals surface area contributed by atoms with E-state index in [1.807, 2.05) is 0 Å². The maximum atomic E-state index is 8.64. The molecule has 0 saturated carbocycles. The molecule has 0 amide bonds. The number of hydrogen-bond donors (Lipinski definition) is 6. The van der Waals surface area contributed by atoms with Gasteiger partial charge in [0.05, 0.1) is 0 Å². The molecule has 0 spiro atoms. The fourth-order valence-corrected chi connectivity index (χ4v) is 0.968. The number of rotatable bonds is 6. The molecule has 6 nitrogen and oxygen atoms in total. The van der Waals surface area contributed by atoms with E-state index in [1.54, 1.807) is 0 Å². The van der Waals surface area contributed by atoms with Crippen molar-refractivity contribution < 1.29 is 20.4 Å². The van der Waals surface area contributed by atoms with Gasteiger partial charge in [0.25, 0.3) is 5.97 Å². The third-order valence-corrected chi connectivity index (χ3v) is 1.97. The van der Waals surface area contributed by atoms with E-state index in [-0.39, 0.29) is 32.4 Å². The Balaban J connectivity index is 3.97. The first-order chi connectivity index (χ1) is 5.83. The molecule has 0 aliphatic heterocycles. The highest BCUT2D eigenvalue weighted by Gasteiger charge is 2.28. The molecule has 1 atom stereocenters. The molecule has 0 saturated heterocycles. The van der Waals surface area contributed by atoms with Gasteiger partial charge in [0.2, 0.25) is 0 Å². The fraction of sp³-hybridized carbons (Fsp3) is 1.00. The highest BCUT2D eigenvalue weighted by Crippen LogP contribution is 2.16. The zero-order valence-corrected chi connectivity index (χ0v) is 7.48. The molecule has 13 heavy (non-hydrogen) atoms. The summed E-state index contributed by atoms with van der Waals surface area (Å²) in [5, 5.41) is 34.4. The Morgan fingerprint density at radius 2 is 1.54 bits per heavy atom. The fourth-order valence-electron chi connectivity index (χ4n) is 0.968. The van der Waals surface area contributed by atoms with Gasteiger partial charge in [0.15, 0.2) is 0 Å². The Morgan fingerprint density at radius 1 is 1.00 bits per heavy atom. The highest BCUT2D eigenvalue weighted by atomic mass is 16.7.